The minimum absolute atomic E-state index is 0.0583. The minimum Gasteiger partial charge on any atom is -0.324 e. The molecule has 1 spiro atoms. The lowest BCUT2D eigenvalue weighted by molar-refractivity contribution is -0.137. The number of hydrogen-bond donors (Lipinski definition) is 1. The number of aromatic amines is 1. The molecule has 32 heavy (non-hydrogen) atoms. The number of alkyl halides is 3. The fourth-order valence-corrected chi connectivity index (χ4v) is 5.62. The van der Waals surface area contributed by atoms with Gasteiger partial charge in [-0.3, -0.25) is 5.10 Å². The number of halogens is 3. The van der Waals surface area contributed by atoms with Crippen LogP contribution in [0.5, 0.6) is 0 Å². The first-order valence-electron chi connectivity index (χ1n) is 10.8. The average Bonchev–Trinajstić information content (AvgIpc) is 3.39. The molecule has 3 fully saturated rings. The molecule has 1 unspecified atom stereocenters. The number of rotatable bonds is 3. The Balaban J connectivity index is 1.12. The molecular formula is C22H23F3N6O. The summed E-state index contributed by atoms with van der Waals surface area (Å²) in [6.45, 7) is 2.77. The maximum Gasteiger partial charge on any atom is 0.417 e. The van der Waals surface area contributed by atoms with E-state index in [1.165, 1.54) is 12.4 Å². The lowest BCUT2D eigenvalue weighted by Crippen LogP contribution is -2.65. The summed E-state index contributed by atoms with van der Waals surface area (Å²) >= 11 is 0. The Morgan fingerprint density at radius 1 is 1.28 bits per heavy atom. The standard InChI is InChI=1S/C22H23F3N6O/c23-22(24,25)18-6-14(1-2-16(18)9-26)5-15-7-21(8-15)11-31(12-21)20(32)30-4-3-17(10-30)19-27-13-28-29-19/h1-2,6,13,15,17H,3-5,7-8,10-12H2,(H,27,28,29). The Morgan fingerprint density at radius 2 is 2.06 bits per heavy atom. The molecule has 0 radical (unpaired) electrons. The van der Waals surface area contributed by atoms with E-state index in [0.29, 0.717) is 44.1 Å². The Morgan fingerprint density at radius 3 is 2.72 bits per heavy atom. The molecule has 1 atom stereocenters. The Kier molecular flexibility index (Phi) is 4.87. The zero-order chi connectivity index (χ0) is 22.5. The first kappa shape index (κ1) is 20.8. The van der Waals surface area contributed by atoms with Gasteiger partial charge in [-0.15, -0.1) is 0 Å². The number of nitriles is 1. The molecule has 10 heteroatoms. The molecule has 2 aliphatic heterocycles. The fourth-order valence-electron chi connectivity index (χ4n) is 5.62. The van der Waals surface area contributed by atoms with Crippen molar-refractivity contribution in [1.82, 2.24) is 25.0 Å². The van der Waals surface area contributed by atoms with Crippen LogP contribution in [-0.2, 0) is 12.6 Å². The van der Waals surface area contributed by atoms with Gasteiger partial charge in [0.15, 0.2) is 0 Å². The van der Waals surface area contributed by atoms with Gasteiger partial charge in [0.2, 0.25) is 0 Å². The summed E-state index contributed by atoms with van der Waals surface area (Å²) in [5.74, 6) is 1.32. The lowest BCUT2D eigenvalue weighted by Gasteiger charge is -2.59. The van der Waals surface area contributed by atoms with Crippen molar-refractivity contribution in [3.05, 3.63) is 47.0 Å². The monoisotopic (exact) mass is 444 g/mol. The number of urea groups is 1. The molecule has 1 N–H and O–H groups in total. The topological polar surface area (TPSA) is 88.9 Å². The van der Waals surface area contributed by atoms with Crippen molar-refractivity contribution < 1.29 is 18.0 Å². The predicted octanol–water partition coefficient (Wildman–Crippen LogP) is 3.56. The molecule has 7 nitrogen and oxygen atoms in total. The van der Waals surface area contributed by atoms with Gasteiger partial charge in [-0.25, -0.2) is 9.78 Å². The van der Waals surface area contributed by atoms with E-state index in [0.717, 1.165) is 31.2 Å². The summed E-state index contributed by atoms with van der Waals surface area (Å²) in [7, 11) is 0. The van der Waals surface area contributed by atoms with Gasteiger partial charge in [-0.05, 0) is 49.3 Å². The van der Waals surface area contributed by atoms with Crippen molar-refractivity contribution in [1.29, 1.82) is 5.26 Å². The van der Waals surface area contributed by atoms with Gasteiger partial charge in [0.05, 0.1) is 17.2 Å². The second-order valence-electron chi connectivity index (χ2n) is 9.41. The number of aromatic nitrogens is 3. The molecule has 2 amide bonds. The second-order valence-corrected chi connectivity index (χ2v) is 9.41. The summed E-state index contributed by atoms with van der Waals surface area (Å²) in [6.07, 6.45) is 0.214. The van der Waals surface area contributed by atoms with Crippen molar-refractivity contribution in [2.24, 2.45) is 11.3 Å². The van der Waals surface area contributed by atoms with E-state index >= 15 is 0 Å². The number of nitrogens with zero attached hydrogens (tertiary/aromatic N) is 5. The molecule has 3 heterocycles. The van der Waals surface area contributed by atoms with E-state index in [4.69, 9.17) is 5.26 Å². The number of carbonyl (C=O) groups is 1. The van der Waals surface area contributed by atoms with Crippen molar-refractivity contribution >= 4 is 6.03 Å². The molecular weight excluding hydrogens is 421 g/mol. The van der Waals surface area contributed by atoms with Crippen molar-refractivity contribution in [2.75, 3.05) is 26.2 Å². The molecule has 1 aromatic carbocycles. The molecule has 2 saturated heterocycles. The molecule has 168 valence electrons. The van der Waals surface area contributed by atoms with Crippen molar-refractivity contribution in [3.8, 4) is 6.07 Å². The van der Waals surface area contributed by atoms with E-state index in [9.17, 15) is 18.0 Å². The van der Waals surface area contributed by atoms with Crippen LogP contribution >= 0.6 is 0 Å². The van der Waals surface area contributed by atoms with E-state index in [1.54, 1.807) is 12.1 Å². The predicted molar refractivity (Wildman–Crippen MR) is 107 cm³/mol. The summed E-state index contributed by atoms with van der Waals surface area (Å²) in [5, 5.41) is 15.7. The van der Waals surface area contributed by atoms with Crippen LogP contribution in [0.4, 0.5) is 18.0 Å². The molecule has 3 aliphatic rings. The first-order valence-corrected chi connectivity index (χ1v) is 10.8. The number of nitrogens with one attached hydrogen (secondary N) is 1. The van der Waals surface area contributed by atoms with Gasteiger partial charge in [0, 0.05) is 37.5 Å². The third-order valence-electron chi connectivity index (χ3n) is 7.08. The van der Waals surface area contributed by atoms with Crippen LogP contribution in [0.1, 0.15) is 47.7 Å². The molecule has 2 aromatic rings. The van der Waals surface area contributed by atoms with Crippen LogP contribution in [0.3, 0.4) is 0 Å². The van der Waals surface area contributed by atoms with Crippen LogP contribution in [-0.4, -0.2) is 57.2 Å². The van der Waals surface area contributed by atoms with Crippen molar-refractivity contribution in [2.45, 2.75) is 37.8 Å². The van der Waals surface area contributed by atoms with E-state index in [2.05, 4.69) is 15.2 Å². The number of likely N-dealkylation sites (tertiary alicyclic amines) is 2. The van der Waals surface area contributed by atoms with Gasteiger partial charge in [0.25, 0.3) is 0 Å². The van der Waals surface area contributed by atoms with E-state index < -0.39 is 11.7 Å². The van der Waals surface area contributed by atoms with Gasteiger partial charge < -0.3 is 9.80 Å². The Labute approximate surface area is 183 Å². The maximum absolute atomic E-state index is 13.2. The van der Waals surface area contributed by atoms with Crippen LogP contribution in [0, 0.1) is 22.7 Å². The highest BCUT2D eigenvalue weighted by Crippen LogP contribution is 2.53. The van der Waals surface area contributed by atoms with Crippen LogP contribution in [0.15, 0.2) is 24.5 Å². The second kappa shape index (κ2) is 7.50. The SMILES string of the molecule is N#Cc1ccc(CC2CC3(C2)CN(C(=O)N2CCC(c4ncn[nH]4)C2)C3)cc1C(F)(F)F. The number of hydrogen-bond acceptors (Lipinski definition) is 4. The largest absolute Gasteiger partial charge is 0.417 e. The quantitative estimate of drug-likeness (QED) is 0.784. The average molecular weight is 444 g/mol. The zero-order valence-electron chi connectivity index (χ0n) is 17.4. The fraction of sp³-hybridized carbons (Fsp3) is 0.545. The van der Waals surface area contributed by atoms with E-state index in [1.807, 2.05) is 9.80 Å². The third kappa shape index (κ3) is 3.70. The summed E-state index contributed by atoms with van der Waals surface area (Å²) in [4.78, 5) is 20.7. The lowest BCUT2D eigenvalue weighted by atomic mass is 9.56. The van der Waals surface area contributed by atoms with Crippen molar-refractivity contribution in [3.63, 3.8) is 0 Å². The maximum atomic E-state index is 13.2. The zero-order valence-corrected chi connectivity index (χ0v) is 17.4. The highest BCUT2D eigenvalue weighted by Gasteiger charge is 2.54. The van der Waals surface area contributed by atoms with Crippen LogP contribution in [0.25, 0.3) is 0 Å². The smallest absolute Gasteiger partial charge is 0.324 e. The molecule has 1 aromatic heterocycles. The number of carbonyl (C=O) groups excluding carboxylic acids is 1. The highest BCUT2D eigenvalue weighted by molar-refractivity contribution is 5.76. The first-order chi connectivity index (χ1) is 15.3. The van der Waals surface area contributed by atoms with Gasteiger partial charge >= 0.3 is 12.2 Å². The Bertz CT molecular complexity index is 1050. The normalized spacial score (nSPS) is 22.5. The summed E-state index contributed by atoms with van der Waals surface area (Å²) < 4.78 is 39.6. The Hall–Kier alpha value is -3.09. The van der Waals surface area contributed by atoms with Gasteiger partial charge in [0.1, 0.15) is 12.2 Å². The third-order valence-corrected chi connectivity index (χ3v) is 7.08. The molecule has 5 rings (SSSR count). The van der Waals surface area contributed by atoms with Crippen LogP contribution in [0.2, 0.25) is 0 Å². The highest BCUT2D eigenvalue weighted by atomic mass is 19.4. The number of amides is 2. The van der Waals surface area contributed by atoms with Gasteiger partial charge in [-0.2, -0.15) is 23.5 Å². The van der Waals surface area contributed by atoms with Crippen LogP contribution < -0.4 is 0 Å². The van der Waals surface area contributed by atoms with E-state index in [-0.39, 0.29) is 22.9 Å². The summed E-state index contributed by atoms with van der Waals surface area (Å²) in [6, 6.07) is 5.67. The van der Waals surface area contributed by atoms with Gasteiger partial charge in [-0.1, -0.05) is 6.07 Å². The molecule has 1 aliphatic carbocycles. The minimum atomic E-state index is -4.53. The molecule has 1 saturated carbocycles. The number of H-pyrrole nitrogens is 1. The number of benzene rings is 1. The summed E-state index contributed by atoms with van der Waals surface area (Å²) in [5.41, 5.74) is -0.476. The molecule has 0 bridgehead atoms.